The third-order valence-electron chi connectivity index (χ3n) is 5.79. The number of hydrogen-bond acceptors (Lipinski definition) is 5. The highest BCUT2D eigenvalue weighted by Gasteiger charge is 2.43. The molecule has 1 saturated carbocycles. The lowest BCUT2D eigenvalue weighted by atomic mass is 10.0. The second-order valence-corrected chi connectivity index (χ2v) is 11.3. The summed E-state index contributed by atoms with van der Waals surface area (Å²) in [4.78, 5) is 41.7. The Labute approximate surface area is 215 Å². The predicted octanol–water partition coefficient (Wildman–Crippen LogP) is 4.98. The first-order valence-corrected chi connectivity index (χ1v) is 14.1. The molecule has 35 heavy (non-hydrogen) atoms. The zero-order chi connectivity index (χ0) is 26.0. The number of nitrogens with one attached hydrogen (secondary N) is 2. The average molecular weight is 506 g/mol. The van der Waals surface area contributed by atoms with Crippen LogP contribution in [-0.4, -0.2) is 59.0 Å². The van der Waals surface area contributed by atoms with E-state index in [9.17, 15) is 14.4 Å². The molecule has 0 saturated heterocycles. The fraction of sp³-hybridized carbons (Fsp3) is 0.667. The minimum Gasteiger partial charge on any atom is -0.444 e. The van der Waals surface area contributed by atoms with Crippen LogP contribution in [0.1, 0.15) is 83.4 Å². The van der Waals surface area contributed by atoms with Gasteiger partial charge >= 0.3 is 6.09 Å². The molecule has 7 nitrogen and oxygen atoms in total. The molecule has 1 aromatic rings. The summed E-state index contributed by atoms with van der Waals surface area (Å²) in [6.07, 6.45) is 6.50. The predicted molar refractivity (Wildman–Crippen MR) is 142 cm³/mol. The molecule has 0 bridgehead atoms. The van der Waals surface area contributed by atoms with E-state index in [2.05, 4.69) is 17.6 Å². The molecular formula is C27H43N3O4S. The van der Waals surface area contributed by atoms with Gasteiger partial charge in [0.1, 0.15) is 17.7 Å². The number of thioether (sulfide) groups is 1. The van der Waals surface area contributed by atoms with Gasteiger partial charge in [-0.1, -0.05) is 49.6 Å². The fourth-order valence-electron chi connectivity index (χ4n) is 3.86. The van der Waals surface area contributed by atoms with Gasteiger partial charge in [-0.25, -0.2) is 4.79 Å². The number of alkyl carbamates (subject to hydrolysis) is 1. The van der Waals surface area contributed by atoms with Crippen LogP contribution in [0.3, 0.4) is 0 Å². The van der Waals surface area contributed by atoms with E-state index in [1.54, 1.807) is 37.4 Å². The Balaban J connectivity index is 2.34. The highest BCUT2D eigenvalue weighted by molar-refractivity contribution is 7.98. The van der Waals surface area contributed by atoms with Crippen LogP contribution >= 0.6 is 11.8 Å². The minimum absolute atomic E-state index is 0.0209. The molecule has 0 heterocycles. The van der Waals surface area contributed by atoms with Gasteiger partial charge in [0.25, 0.3) is 0 Å². The molecule has 196 valence electrons. The molecule has 1 aliphatic rings. The van der Waals surface area contributed by atoms with Crippen LogP contribution in [0.4, 0.5) is 4.79 Å². The summed E-state index contributed by atoms with van der Waals surface area (Å²) >= 11 is 1.61. The summed E-state index contributed by atoms with van der Waals surface area (Å²) in [5.74, 6) is 0.288. The molecule has 3 amide bonds. The molecule has 1 aromatic carbocycles. The lowest BCUT2D eigenvalue weighted by Gasteiger charge is -2.34. The van der Waals surface area contributed by atoms with Gasteiger partial charge in [0.05, 0.1) is 0 Å². The van der Waals surface area contributed by atoms with Crippen LogP contribution < -0.4 is 10.6 Å². The Bertz CT molecular complexity index is 834. The van der Waals surface area contributed by atoms with E-state index in [1.807, 2.05) is 37.4 Å². The highest BCUT2D eigenvalue weighted by Crippen LogP contribution is 2.36. The van der Waals surface area contributed by atoms with Gasteiger partial charge < -0.3 is 20.3 Å². The number of hydrogen-bond donors (Lipinski definition) is 2. The standard InChI is InChI=1S/C27H43N3O4S/c1-7-8-9-17-28-24(31)23(20-12-10-19(2)11-13-20)30(21-14-15-21)25(32)22(16-18-35-6)29-26(33)34-27(3,4)5/h10-13,21-23H,7-9,14-18H2,1-6H3,(H,28,31)(H,29,33). The van der Waals surface area contributed by atoms with Gasteiger partial charge in [-0.05, 0) is 71.0 Å². The van der Waals surface area contributed by atoms with Crippen molar-refractivity contribution in [1.29, 1.82) is 0 Å². The monoisotopic (exact) mass is 505 g/mol. The van der Waals surface area contributed by atoms with Gasteiger partial charge in [0, 0.05) is 12.6 Å². The van der Waals surface area contributed by atoms with Crippen molar-refractivity contribution in [3.05, 3.63) is 35.4 Å². The summed E-state index contributed by atoms with van der Waals surface area (Å²) in [5, 5.41) is 5.84. The van der Waals surface area contributed by atoms with Crippen LogP contribution in [0.2, 0.25) is 0 Å². The molecule has 2 N–H and O–H groups in total. The molecule has 1 fully saturated rings. The van der Waals surface area contributed by atoms with Crippen molar-refractivity contribution in [1.82, 2.24) is 15.5 Å². The Morgan fingerprint density at radius 3 is 2.34 bits per heavy atom. The molecular weight excluding hydrogens is 462 g/mol. The topological polar surface area (TPSA) is 87.7 Å². The SMILES string of the molecule is CCCCCNC(=O)C(c1ccc(C)cc1)N(C(=O)C(CCSC)NC(=O)OC(C)(C)C)C1CC1. The first-order chi connectivity index (χ1) is 16.6. The van der Waals surface area contributed by atoms with Crippen molar-refractivity contribution in [3.63, 3.8) is 0 Å². The summed E-state index contributed by atoms with van der Waals surface area (Å²) in [5.41, 5.74) is 1.20. The van der Waals surface area contributed by atoms with Gasteiger partial charge in [-0.2, -0.15) is 11.8 Å². The van der Waals surface area contributed by atoms with E-state index >= 15 is 0 Å². The van der Waals surface area contributed by atoms with Crippen molar-refractivity contribution >= 4 is 29.7 Å². The third kappa shape index (κ3) is 9.74. The zero-order valence-corrected chi connectivity index (χ0v) is 23.0. The van der Waals surface area contributed by atoms with Crippen LogP contribution in [0, 0.1) is 6.92 Å². The smallest absolute Gasteiger partial charge is 0.408 e. The summed E-state index contributed by atoms with van der Waals surface area (Å²) < 4.78 is 5.43. The minimum atomic E-state index is -0.765. The average Bonchev–Trinajstić information content (AvgIpc) is 3.62. The number of ether oxygens (including phenoxy) is 1. The number of rotatable bonds is 13. The quantitative estimate of drug-likeness (QED) is 0.369. The molecule has 0 aliphatic heterocycles. The maximum absolute atomic E-state index is 14.0. The number of carbonyl (C=O) groups is 3. The van der Waals surface area contributed by atoms with Crippen LogP contribution in [0.15, 0.2) is 24.3 Å². The first kappa shape index (κ1) is 29.0. The van der Waals surface area contributed by atoms with Gasteiger partial charge in [-0.3, -0.25) is 9.59 Å². The second kappa shape index (κ2) is 13.8. The largest absolute Gasteiger partial charge is 0.444 e. The van der Waals surface area contributed by atoms with E-state index in [4.69, 9.17) is 4.74 Å². The first-order valence-electron chi connectivity index (χ1n) is 12.7. The fourth-order valence-corrected chi connectivity index (χ4v) is 4.34. The lowest BCUT2D eigenvalue weighted by Crippen LogP contribution is -2.54. The van der Waals surface area contributed by atoms with E-state index in [0.29, 0.717) is 18.7 Å². The second-order valence-electron chi connectivity index (χ2n) is 10.3. The molecule has 8 heteroatoms. The maximum Gasteiger partial charge on any atom is 0.408 e. The van der Waals surface area contributed by atoms with Crippen LogP contribution in [-0.2, 0) is 14.3 Å². The Kier molecular flexibility index (Phi) is 11.4. The number of unbranched alkanes of at least 4 members (excludes halogenated alkanes) is 2. The maximum atomic E-state index is 14.0. The van der Waals surface area contributed by atoms with Crippen molar-refractivity contribution in [2.75, 3.05) is 18.6 Å². The number of amides is 3. The molecule has 0 spiro atoms. The third-order valence-corrected chi connectivity index (χ3v) is 6.44. The van der Waals surface area contributed by atoms with Crippen molar-refractivity contribution < 1.29 is 19.1 Å². The van der Waals surface area contributed by atoms with E-state index in [1.165, 1.54) is 0 Å². The normalized spacial score (nSPS) is 15.1. The van der Waals surface area contributed by atoms with Gasteiger partial charge in [0.2, 0.25) is 11.8 Å². The van der Waals surface area contributed by atoms with Crippen LogP contribution in [0.25, 0.3) is 0 Å². The molecule has 2 atom stereocenters. The Hall–Kier alpha value is -2.22. The van der Waals surface area contributed by atoms with Crippen molar-refractivity contribution in [3.8, 4) is 0 Å². The number of carbonyl (C=O) groups excluding carboxylic acids is 3. The Morgan fingerprint density at radius 2 is 1.80 bits per heavy atom. The Morgan fingerprint density at radius 1 is 1.14 bits per heavy atom. The molecule has 2 unspecified atom stereocenters. The number of aryl methyl sites for hydroxylation is 1. The van der Waals surface area contributed by atoms with Crippen molar-refractivity contribution in [2.24, 2.45) is 0 Å². The van der Waals surface area contributed by atoms with Gasteiger partial charge in [0.15, 0.2) is 0 Å². The van der Waals surface area contributed by atoms with Crippen LogP contribution in [0.5, 0.6) is 0 Å². The van der Waals surface area contributed by atoms with Gasteiger partial charge in [-0.15, -0.1) is 0 Å². The van der Waals surface area contributed by atoms with E-state index in [0.717, 1.165) is 43.2 Å². The molecule has 1 aliphatic carbocycles. The molecule has 0 radical (unpaired) electrons. The summed E-state index contributed by atoms with van der Waals surface area (Å²) in [7, 11) is 0. The molecule has 2 rings (SSSR count). The summed E-state index contributed by atoms with van der Waals surface area (Å²) in [6, 6.07) is 6.25. The number of nitrogens with zero attached hydrogens (tertiary/aromatic N) is 1. The van der Waals surface area contributed by atoms with Crippen molar-refractivity contribution in [2.45, 2.75) is 96.9 Å². The molecule has 0 aromatic heterocycles. The van der Waals surface area contributed by atoms with E-state index in [-0.39, 0.29) is 17.9 Å². The zero-order valence-electron chi connectivity index (χ0n) is 22.2. The number of benzene rings is 1. The summed E-state index contributed by atoms with van der Waals surface area (Å²) in [6.45, 7) is 10.1. The lowest BCUT2D eigenvalue weighted by molar-refractivity contribution is -0.143. The van der Waals surface area contributed by atoms with E-state index < -0.39 is 23.8 Å². The highest BCUT2D eigenvalue weighted by atomic mass is 32.2.